The normalized spacial score (nSPS) is 19.5. The van der Waals surface area contributed by atoms with Crippen LogP contribution in [0.2, 0.25) is 0 Å². The highest BCUT2D eigenvalue weighted by atomic mass is 16.5. The standard InChI is InChI=1S/C29H28N6O2/c1-34-11-13-35(14-12-34)28-10-5-19(18-30-28)4-8-26-22-7-3-20(16-27(22)33-32-26)15-24-23-17-21(37-2)6-9-25(23)31-29(24)36/h3-10,15-18,24H,11-14H2,1-2H3,(H,31,36). The number of fused-ring (bicyclic) bond motifs is 2. The van der Waals surface area contributed by atoms with Gasteiger partial charge in [-0.15, -0.1) is 10.2 Å². The number of hydrogen-bond acceptors (Lipinski definition) is 7. The molecule has 0 spiro atoms. The summed E-state index contributed by atoms with van der Waals surface area (Å²) in [6.45, 7) is 4.11. The van der Waals surface area contributed by atoms with Crippen LogP contribution >= 0.6 is 0 Å². The lowest BCUT2D eigenvalue weighted by Crippen LogP contribution is -2.44. The molecule has 4 heterocycles. The molecule has 8 nitrogen and oxygen atoms in total. The second kappa shape index (κ2) is 9.63. The van der Waals surface area contributed by atoms with Crippen molar-refractivity contribution >= 4 is 40.9 Å². The summed E-state index contributed by atoms with van der Waals surface area (Å²) in [6, 6.07) is 15.8. The van der Waals surface area contributed by atoms with Gasteiger partial charge in [0.1, 0.15) is 11.6 Å². The van der Waals surface area contributed by atoms with Gasteiger partial charge in [0.05, 0.1) is 24.4 Å². The molecule has 0 saturated carbocycles. The van der Waals surface area contributed by atoms with Crippen LogP contribution in [0.5, 0.6) is 5.75 Å². The molecule has 0 bridgehead atoms. The average molecular weight is 493 g/mol. The first kappa shape index (κ1) is 23.1. The smallest absolute Gasteiger partial charge is 0.235 e. The summed E-state index contributed by atoms with van der Waals surface area (Å²) in [7, 11) is 3.78. The monoisotopic (exact) mass is 492 g/mol. The summed E-state index contributed by atoms with van der Waals surface area (Å²) in [5.41, 5.74) is 4.34. The quantitative estimate of drug-likeness (QED) is 0.591. The van der Waals surface area contributed by atoms with Crippen LogP contribution in [0.4, 0.5) is 17.2 Å². The van der Waals surface area contributed by atoms with Gasteiger partial charge in [0.25, 0.3) is 0 Å². The molecule has 6 rings (SSSR count). The number of pyridine rings is 1. The number of likely N-dealkylation sites (N-methyl/N-ethyl adjacent to an activating group) is 1. The van der Waals surface area contributed by atoms with Gasteiger partial charge in [0, 0.05) is 43.3 Å². The number of nitrogens with one attached hydrogen (secondary N) is 1. The highest BCUT2D eigenvalue weighted by Gasteiger charge is 2.29. The maximum atomic E-state index is 12.6. The molecular weight excluding hydrogens is 464 g/mol. The second-order valence-electron chi connectivity index (χ2n) is 9.52. The number of hydrogen-bond donors (Lipinski definition) is 1. The van der Waals surface area contributed by atoms with Gasteiger partial charge in [-0.3, -0.25) is 4.79 Å². The fourth-order valence-corrected chi connectivity index (χ4v) is 4.88. The zero-order valence-corrected chi connectivity index (χ0v) is 20.9. The van der Waals surface area contributed by atoms with E-state index in [1.807, 2.05) is 60.8 Å². The fourth-order valence-electron chi connectivity index (χ4n) is 4.88. The Morgan fingerprint density at radius 2 is 1.86 bits per heavy atom. The van der Waals surface area contributed by atoms with E-state index in [4.69, 9.17) is 4.74 Å². The van der Waals surface area contributed by atoms with Crippen LogP contribution in [0.3, 0.4) is 0 Å². The molecule has 3 aliphatic heterocycles. The van der Waals surface area contributed by atoms with Crippen molar-refractivity contribution < 1.29 is 9.53 Å². The summed E-state index contributed by atoms with van der Waals surface area (Å²) in [6.07, 6.45) is 7.84. The van der Waals surface area contributed by atoms with Crippen LogP contribution in [-0.4, -0.2) is 56.1 Å². The maximum absolute atomic E-state index is 12.6. The minimum absolute atomic E-state index is 0.0483. The first-order valence-electron chi connectivity index (χ1n) is 12.4. The number of carbonyl (C=O) groups excluding carboxylic acids is 1. The number of methoxy groups -OCH3 is 1. The number of ether oxygens (including phenoxy) is 1. The van der Waals surface area contributed by atoms with E-state index < -0.39 is 0 Å². The predicted octanol–water partition coefficient (Wildman–Crippen LogP) is 3.28. The summed E-state index contributed by atoms with van der Waals surface area (Å²) < 4.78 is 5.34. The van der Waals surface area contributed by atoms with E-state index in [2.05, 4.69) is 49.5 Å². The van der Waals surface area contributed by atoms with E-state index in [0.29, 0.717) is 0 Å². The number of amides is 1. The largest absolute Gasteiger partial charge is 0.497 e. The average Bonchev–Trinajstić information content (AvgIpc) is 3.47. The molecule has 1 N–H and O–H groups in total. The van der Waals surface area contributed by atoms with Crippen molar-refractivity contribution in [3.05, 3.63) is 82.4 Å². The van der Waals surface area contributed by atoms with Gasteiger partial charge in [-0.25, -0.2) is 4.98 Å². The van der Waals surface area contributed by atoms with Gasteiger partial charge in [-0.2, -0.15) is 0 Å². The molecule has 0 radical (unpaired) electrons. The van der Waals surface area contributed by atoms with E-state index in [-0.39, 0.29) is 11.8 Å². The molecule has 186 valence electrons. The number of azo groups is 1. The Bertz CT molecular complexity index is 1540. The molecule has 1 amide bonds. The molecule has 1 unspecified atom stereocenters. The van der Waals surface area contributed by atoms with Gasteiger partial charge in [0.15, 0.2) is 0 Å². The molecule has 3 aliphatic rings. The van der Waals surface area contributed by atoms with Crippen molar-refractivity contribution in [1.82, 2.24) is 9.88 Å². The Morgan fingerprint density at radius 3 is 2.65 bits per heavy atom. The summed E-state index contributed by atoms with van der Waals surface area (Å²) >= 11 is 0. The van der Waals surface area contributed by atoms with Crippen LogP contribution in [0.25, 0.3) is 17.8 Å². The first-order chi connectivity index (χ1) is 18.1. The highest BCUT2D eigenvalue weighted by molar-refractivity contribution is 6.06. The third kappa shape index (κ3) is 4.63. The lowest BCUT2D eigenvalue weighted by Gasteiger charge is -2.33. The van der Waals surface area contributed by atoms with Crippen molar-refractivity contribution in [2.24, 2.45) is 10.2 Å². The lowest BCUT2D eigenvalue weighted by atomic mass is 9.98. The van der Waals surface area contributed by atoms with Crippen molar-refractivity contribution in [2.45, 2.75) is 5.92 Å². The second-order valence-corrected chi connectivity index (χ2v) is 9.52. The van der Waals surface area contributed by atoms with Crippen LogP contribution in [0.1, 0.15) is 17.0 Å². The van der Waals surface area contributed by atoms with Crippen molar-refractivity contribution in [3.8, 4) is 5.75 Å². The van der Waals surface area contributed by atoms with Crippen LogP contribution in [0.15, 0.2) is 71.0 Å². The number of aromatic nitrogens is 1. The van der Waals surface area contributed by atoms with Gasteiger partial charge in [-0.05, 0) is 71.9 Å². The molecule has 3 aromatic rings. The molecule has 1 atom stereocenters. The SMILES string of the molecule is COc1ccc2c(c1)C(C=c1ccc3c(c1)N=NC=3C=Cc1ccc(N3CCN(C)CC3)nc1)C(=O)N2. The van der Waals surface area contributed by atoms with Crippen LogP contribution in [-0.2, 0) is 4.79 Å². The number of piperazine rings is 1. The third-order valence-electron chi connectivity index (χ3n) is 7.09. The molecule has 1 fully saturated rings. The molecule has 2 aromatic carbocycles. The molecule has 0 aliphatic carbocycles. The number of carbonyl (C=O) groups is 1. The maximum Gasteiger partial charge on any atom is 0.235 e. The zero-order valence-electron chi connectivity index (χ0n) is 20.9. The van der Waals surface area contributed by atoms with E-state index >= 15 is 0 Å². The van der Waals surface area contributed by atoms with Crippen LogP contribution < -0.4 is 25.4 Å². The summed E-state index contributed by atoms with van der Waals surface area (Å²) in [5.74, 6) is 1.31. The number of anilines is 2. The third-order valence-corrected chi connectivity index (χ3v) is 7.09. The van der Waals surface area contributed by atoms with Gasteiger partial charge in [0.2, 0.25) is 5.91 Å². The first-order valence-corrected chi connectivity index (χ1v) is 12.4. The zero-order chi connectivity index (χ0) is 25.4. The Balaban J connectivity index is 1.22. The van der Waals surface area contributed by atoms with E-state index in [0.717, 1.165) is 76.4 Å². The van der Waals surface area contributed by atoms with Crippen LogP contribution in [0, 0.1) is 0 Å². The minimum Gasteiger partial charge on any atom is -0.497 e. The van der Waals surface area contributed by atoms with E-state index in [1.54, 1.807) is 7.11 Å². The Morgan fingerprint density at radius 1 is 1.00 bits per heavy atom. The van der Waals surface area contributed by atoms with Gasteiger partial charge in [-0.1, -0.05) is 18.2 Å². The fraction of sp³-hybridized carbons (Fsp3) is 0.241. The number of benzene rings is 2. The highest BCUT2D eigenvalue weighted by Crippen LogP contribution is 2.36. The Labute approximate surface area is 215 Å². The number of rotatable bonds is 5. The lowest BCUT2D eigenvalue weighted by molar-refractivity contribution is -0.115. The Kier molecular flexibility index (Phi) is 6.02. The van der Waals surface area contributed by atoms with Crippen molar-refractivity contribution in [1.29, 1.82) is 0 Å². The molecule has 1 aromatic heterocycles. The van der Waals surface area contributed by atoms with Gasteiger partial charge >= 0.3 is 0 Å². The molecule has 1 saturated heterocycles. The molecular formula is C29H28N6O2. The summed E-state index contributed by atoms with van der Waals surface area (Å²) in [4.78, 5) is 21.9. The number of nitrogens with zero attached hydrogens (tertiary/aromatic N) is 5. The van der Waals surface area contributed by atoms with Crippen molar-refractivity contribution in [2.75, 3.05) is 50.6 Å². The molecule has 37 heavy (non-hydrogen) atoms. The predicted molar refractivity (Wildman–Crippen MR) is 145 cm³/mol. The van der Waals surface area contributed by atoms with E-state index in [9.17, 15) is 4.79 Å². The van der Waals surface area contributed by atoms with Crippen molar-refractivity contribution in [3.63, 3.8) is 0 Å². The summed E-state index contributed by atoms with van der Waals surface area (Å²) in [5, 5.41) is 13.6. The van der Waals surface area contributed by atoms with Gasteiger partial charge < -0.3 is 19.9 Å². The minimum atomic E-state index is -0.383. The topological polar surface area (TPSA) is 82.4 Å². The Hall–Kier alpha value is -4.30. The van der Waals surface area contributed by atoms with E-state index in [1.165, 1.54) is 0 Å². The molecule has 8 heteroatoms.